The van der Waals surface area contributed by atoms with Gasteiger partial charge in [-0.3, -0.25) is 0 Å². The molecule has 0 aromatic carbocycles. The number of nitrogens with one attached hydrogen (secondary N) is 1. The van der Waals surface area contributed by atoms with Gasteiger partial charge in [0.15, 0.2) is 0 Å². The van der Waals surface area contributed by atoms with Crippen molar-refractivity contribution in [3.05, 3.63) is 18.2 Å². The van der Waals surface area contributed by atoms with Gasteiger partial charge < -0.3 is 9.88 Å². The molecule has 0 spiro atoms. The average Bonchev–Trinajstić information content (AvgIpc) is 2.77. The second-order valence-corrected chi connectivity index (χ2v) is 5.87. The van der Waals surface area contributed by atoms with Crippen molar-refractivity contribution in [2.75, 3.05) is 13.1 Å². The van der Waals surface area contributed by atoms with Gasteiger partial charge in [-0.25, -0.2) is 4.98 Å². The summed E-state index contributed by atoms with van der Waals surface area (Å²) in [5, 5.41) is 3.56. The maximum atomic E-state index is 4.33. The molecule has 0 radical (unpaired) electrons. The van der Waals surface area contributed by atoms with E-state index in [-0.39, 0.29) is 0 Å². The van der Waals surface area contributed by atoms with Crippen LogP contribution >= 0.6 is 0 Å². The van der Waals surface area contributed by atoms with Crippen molar-refractivity contribution >= 4 is 0 Å². The lowest BCUT2D eigenvalue weighted by molar-refractivity contribution is 0.275. The van der Waals surface area contributed by atoms with Crippen LogP contribution < -0.4 is 5.32 Å². The van der Waals surface area contributed by atoms with Crippen LogP contribution in [-0.2, 0) is 13.5 Å². The first-order valence-electron chi connectivity index (χ1n) is 7.42. The van der Waals surface area contributed by atoms with Gasteiger partial charge in [-0.1, -0.05) is 32.6 Å². The number of hydrogen-bond donors (Lipinski definition) is 1. The second kappa shape index (κ2) is 6.93. The minimum absolute atomic E-state index is 0.970. The van der Waals surface area contributed by atoms with Crippen LogP contribution in [0.1, 0.15) is 44.9 Å². The molecule has 1 aromatic heterocycles. The summed E-state index contributed by atoms with van der Waals surface area (Å²) in [6, 6.07) is 0. The third kappa shape index (κ3) is 4.13. The van der Waals surface area contributed by atoms with E-state index in [0.717, 1.165) is 24.8 Å². The Morgan fingerprint density at radius 1 is 1.28 bits per heavy atom. The predicted octanol–water partition coefficient (Wildman–Crippen LogP) is 2.77. The van der Waals surface area contributed by atoms with Crippen LogP contribution in [0.3, 0.4) is 0 Å². The molecule has 1 saturated carbocycles. The zero-order chi connectivity index (χ0) is 12.8. The molecule has 2 rings (SSSR count). The highest BCUT2D eigenvalue weighted by Gasteiger charge is 2.17. The Balaban J connectivity index is 1.53. The van der Waals surface area contributed by atoms with Crippen LogP contribution in [0.4, 0.5) is 0 Å². The van der Waals surface area contributed by atoms with E-state index in [4.69, 9.17) is 0 Å². The topological polar surface area (TPSA) is 29.9 Å². The fraction of sp³-hybridized carbons (Fsp3) is 0.800. The van der Waals surface area contributed by atoms with Crippen molar-refractivity contribution in [3.63, 3.8) is 0 Å². The van der Waals surface area contributed by atoms with E-state index in [1.54, 1.807) is 0 Å². The number of aromatic nitrogens is 2. The van der Waals surface area contributed by atoms with Gasteiger partial charge in [-0.15, -0.1) is 0 Å². The van der Waals surface area contributed by atoms with Gasteiger partial charge in [-0.05, 0) is 24.8 Å². The van der Waals surface area contributed by atoms with Crippen molar-refractivity contribution in [2.24, 2.45) is 18.9 Å². The Bertz CT molecular complexity index is 337. The summed E-state index contributed by atoms with van der Waals surface area (Å²) >= 11 is 0. The molecule has 1 aromatic rings. The first kappa shape index (κ1) is 13.6. The van der Waals surface area contributed by atoms with Gasteiger partial charge in [0.1, 0.15) is 5.82 Å². The van der Waals surface area contributed by atoms with Crippen LogP contribution in [0.5, 0.6) is 0 Å². The van der Waals surface area contributed by atoms with Gasteiger partial charge >= 0.3 is 0 Å². The normalized spacial score (nSPS) is 24.3. The molecule has 0 saturated heterocycles. The third-order valence-corrected chi connectivity index (χ3v) is 4.31. The molecule has 1 fully saturated rings. The standard InChI is InChI=1S/C15H27N3/c1-13-3-5-14(6-4-13)7-9-16-10-8-15-17-11-12-18(15)2/h11-14,16H,3-10H2,1-2H3. The molecule has 0 aliphatic heterocycles. The highest BCUT2D eigenvalue weighted by Crippen LogP contribution is 2.29. The molecule has 18 heavy (non-hydrogen) atoms. The van der Waals surface area contributed by atoms with E-state index < -0.39 is 0 Å². The molecular formula is C15H27N3. The van der Waals surface area contributed by atoms with E-state index in [0.29, 0.717) is 0 Å². The molecule has 1 aliphatic carbocycles. The van der Waals surface area contributed by atoms with E-state index >= 15 is 0 Å². The summed E-state index contributed by atoms with van der Waals surface area (Å²) in [7, 11) is 2.06. The summed E-state index contributed by atoms with van der Waals surface area (Å²) < 4.78 is 2.10. The zero-order valence-corrected chi connectivity index (χ0v) is 11.9. The Morgan fingerprint density at radius 3 is 2.72 bits per heavy atom. The van der Waals surface area contributed by atoms with Crippen LogP contribution in [-0.4, -0.2) is 22.6 Å². The molecule has 1 aliphatic rings. The Hall–Kier alpha value is -0.830. The molecule has 0 atom stereocenters. The SMILES string of the molecule is CC1CCC(CCNCCc2nccn2C)CC1. The summed E-state index contributed by atoms with van der Waals surface area (Å²) in [5.41, 5.74) is 0. The highest BCUT2D eigenvalue weighted by atomic mass is 15.0. The lowest BCUT2D eigenvalue weighted by atomic mass is 9.81. The fourth-order valence-electron chi connectivity index (χ4n) is 2.89. The van der Waals surface area contributed by atoms with Gasteiger partial charge in [0.05, 0.1) is 0 Å². The predicted molar refractivity (Wildman–Crippen MR) is 75.5 cm³/mol. The van der Waals surface area contributed by atoms with E-state index in [1.807, 2.05) is 12.4 Å². The fourth-order valence-corrected chi connectivity index (χ4v) is 2.89. The molecule has 0 unspecified atom stereocenters. The van der Waals surface area contributed by atoms with E-state index in [2.05, 4.69) is 28.8 Å². The van der Waals surface area contributed by atoms with Crippen LogP contribution in [0, 0.1) is 11.8 Å². The van der Waals surface area contributed by atoms with Crippen molar-refractivity contribution < 1.29 is 0 Å². The molecule has 3 heteroatoms. The van der Waals surface area contributed by atoms with Gasteiger partial charge in [0.2, 0.25) is 0 Å². The largest absolute Gasteiger partial charge is 0.338 e. The summed E-state index contributed by atoms with van der Waals surface area (Å²) in [4.78, 5) is 4.33. The molecular weight excluding hydrogens is 222 g/mol. The van der Waals surface area contributed by atoms with Crippen LogP contribution in [0.2, 0.25) is 0 Å². The molecule has 102 valence electrons. The second-order valence-electron chi connectivity index (χ2n) is 5.87. The number of rotatable bonds is 6. The van der Waals surface area contributed by atoms with Crippen molar-refractivity contribution in [2.45, 2.75) is 45.4 Å². The first-order chi connectivity index (χ1) is 8.75. The van der Waals surface area contributed by atoms with Gasteiger partial charge in [-0.2, -0.15) is 0 Å². The molecule has 1 heterocycles. The molecule has 1 N–H and O–H groups in total. The maximum absolute atomic E-state index is 4.33. The third-order valence-electron chi connectivity index (χ3n) is 4.31. The molecule has 3 nitrogen and oxygen atoms in total. The Morgan fingerprint density at radius 2 is 2.06 bits per heavy atom. The monoisotopic (exact) mass is 249 g/mol. The first-order valence-corrected chi connectivity index (χ1v) is 7.42. The van der Waals surface area contributed by atoms with Crippen molar-refractivity contribution in [1.82, 2.24) is 14.9 Å². The maximum Gasteiger partial charge on any atom is 0.109 e. The molecule has 0 amide bonds. The quantitative estimate of drug-likeness (QED) is 0.786. The van der Waals surface area contributed by atoms with Crippen molar-refractivity contribution in [1.29, 1.82) is 0 Å². The zero-order valence-electron chi connectivity index (χ0n) is 11.9. The highest BCUT2D eigenvalue weighted by molar-refractivity contribution is 4.91. The summed E-state index contributed by atoms with van der Waals surface area (Å²) in [6.07, 6.45) is 12.1. The Labute approximate surface area is 111 Å². The lowest BCUT2D eigenvalue weighted by Gasteiger charge is -2.26. The van der Waals surface area contributed by atoms with E-state index in [1.165, 1.54) is 44.5 Å². The van der Waals surface area contributed by atoms with Crippen molar-refractivity contribution in [3.8, 4) is 0 Å². The average molecular weight is 249 g/mol. The number of nitrogens with zero attached hydrogens (tertiary/aromatic N) is 2. The number of imidazole rings is 1. The Kier molecular flexibility index (Phi) is 5.24. The van der Waals surface area contributed by atoms with Gasteiger partial charge in [0.25, 0.3) is 0 Å². The minimum Gasteiger partial charge on any atom is -0.338 e. The summed E-state index contributed by atoms with van der Waals surface area (Å²) in [6.45, 7) is 4.61. The minimum atomic E-state index is 0.970. The van der Waals surface area contributed by atoms with Gasteiger partial charge in [0, 0.05) is 32.4 Å². The van der Waals surface area contributed by atoms with Crippen LogP contribution in [0.25, 0.3) is 0 Å². The lowest BCUT2D eigenvalue weighted by Crippen LogP contribution is -2.23. The molecule has 0 bridgehead atoms. The summed E-state index contributed by atoms with van der Waals surface area (Å²) in [5.74, 6) is 3.12. The van der Waals surface area contributed by atoms with Crippen LogP contribution in [0.15, 0.2) is 12.4 Å². The number of aryl methyl sites for hydroxylation is 1. The smallest absolute Gasteiger partial charge is 0.109 e. The number of hydrogen-bond acceptors (Lipinski definition) is 2. The van der Waals surface area contributed by atoms with E-state index in [9.17, 15) is 0 Å².